The van der Waals surface area contributed by atoms with Crippen LogP contribution in [0.4, 0.5) is 4.39 Å². The predicted molar refractivity (Wildman–Crippen MR) is 70.5 cm³/mol. The molecule has 1 aromatic carbocycles. The van der Waals surface area contributed by atoms with Gasteiger partial charge in [0.15, 0.2) is 11.6 Å². The Kier molecular flexibility index (Phi) is 4.34. The standard InChI is InChI=1S/C15H15FO3/c16-13-10-11(7-9-15(17)18)6-8-14(13)19-12-4-2-1-3-5-12/h2,4,6-10,12H,1,3,5H2,(H,17,18)/b9-7+. The third-order valence-corrected chi connectivity index (χ3v) is 2.86. The Bertz CT molecular complexity index is 520. The monoisotopic (exact) mass is 262 g/mol. The molecular formula is C15H15FO3. The SMILES string of the molecule is O=C(O)/C=C/c1ccc(OC2C=CCCC2)c(F)c1. The van der Waals surface area contributed by atoms with Crippen LogP contribution in [0.5, 0.6) is 5.75 Å². The summed E-state index contributed by atoms with van der Waals surface area (Å²) in [5.74, 6) is -1.34. The highest BCUT2D eigenvalue weighted by Crippen LogP contribution is 2.23. The van der Waals surface area contributed by atoms with E-state index in [-0.39, 0.29) is 11.9 Å². The van der Waals surface area contributed by atoms with Crippen LogP contribution in [0.3, 0.4) is 0 Å². The summed E-state index contributed by atoms with van der Waals surface area (Å²) in [7, 11) is 0. The van der Waals surface area contributed by atoms with Crippen LogP contribution in [0.15, 0.2) is 36.4 Å². The fraction of sp³-hybridized carbons (Fsp3) is 0.267. The number of rotatable bonds is 4. The van der Waals surface area contributed by atoms with E-state index in [1.54, 1.807) is 6.07 Å². The average molecular weight is 262 g/mol. The topological polar surface area (TPSA) is 46.5 Å². The van der Waals surface area contributed by atoms with E-state index in [0.717, 1.165) is 25.3 Å². The zero-order valence-electron chi connectivity index (χ0n) is 10.4. The van der Waals surface area contributed by atoms with E-state index in [9.17, 15) is 9.18 Å². The highest BCUT2D eigenvalue weighted by Gasteiger charge is 2.12. The Labute approximate surface area is 111 Å². The summed E-state index contributed by atoms with van der Waals surface area (Å²) in [6.45, 7) is 0. The van der Waals surface area contributed by atoms with Crippen molar-refractivity contribution in [2.24, 2.45) is 0 Å². The van der Waals surface area contributed by atoms with Crippen LogP contribution >= 0.6 is 0 Å². The molecule has 1 aromatic rings. The van der Waals surface area contributed by atoms with E-state index >= 15 is 0 Å². The van der Waals surface area contributed by atoms with E-state index in [1.165, 1.54) is 18.2 Å². The first kappa shape index (κ1) is 13.3. The molecule has 2 rings (SSSR count). The second-order valence-electron chi connectivity index (χ2n) is 4.38. The third kappa shape index (κ3) is 3.95. The number of benzene rings is 1. The molecule has 0 aromatic heterocycles. The van der Waals surface area contributed by atoms with E-state index < -0.39 is 11.8 Å². The molecule has 0 aliphatic heterocycles. The Hall–Kier alpha value is -2.10. The lowest BCUT2D eigenvalue weighted by Gasteiger charge is -2.18. The summed E-state index contributed by atoms with van der Waals surface area (Å²) < 4.78 is 19.4. The van der Waals surface area contributed by atoms with E-state index in [2.05, 4.69) is 0 Å². The van der Waals surface area contributed by atoms with Gasteiger partial charge >= 0.3 is 5.97 Å². The Morgan fingerprint density at radius 3 is 2.95 bits per heavy atom. The maximum absolute atomic E-state index is 13.8. The van der Waals surface area contributed by atoms with Gasteiger partial charge in [0.1, 0.15) is 6.10 Å². The number of carboxylic acids is 1. The van der Waals surface area contributed by atoms with Crippen molar-refractivity contribution in [2.75, 3.05) is 0 Å². The van der Waals surface area contributed by atoms with Crippen molar-refractivity contribution in [1.82, 2.24) is 0 Å². The van der Waals surface area contributed by atoms with Crippen molar-refractivity contribution in [3.63, 3.8) is 0 Å². The van der Waals surface area contributed by atoms with E-state index in [1.807, 2.05) is 12.2 Å². The summed E-state index contributed by atoms with van der Waals surface area (Å²) in [6.07, 6.45) is 9.19. The van der Waals surface area contributed by atoms with Gasteiger partial charge in [-0.05, 0) is 49.1 Å². The Morgan fingerprint density at radius 2 is 2.32 bits per heavy atom. The molecule has 4 heteroatoms. The highest BCUT2D eigenvalue weighted by molar-refractivity contribution is 5.85. The summed E-state index contributed by atoms with van der Waals surface area (Å²) in [5, 5.41) is 8.50. The van der Waals surface area contributed by atoms with Crippen molar-refractivity contribution in [1.29, 1.82) is 0 Å². The number of carboxylic acid groups (broad SMARTS) is 1. The van der Waals surface area contributed by atoms with Crippen LogP contribution in [0.2, 0.25) is 0 Å². The Morgan fingerprint density at radius 1 is 1.47 bits per heavy atom. The molecule has 1 N–H and O–H groups in total. The lowest BCUT2D eigenvalue weighted by atomic mass is 10.1. The fourth-order valence-corrected chi connectivity index (χ4v) is 1.93. The number of allylic oxidation sites excluding steroid dienone is 1. The second kappa shape index (κ2) is 6.18. The van der Waals surface area contributed by atoms with Gasteiger partial charge in [0.25, 0.3) is 0 Å². The first-order valence-electron chi connectivity index (χ1n) is 6.19. The molecular weight excluding hydrogens is 247 g/mol. The zero-order valence-corrected chi connectivity index (χ0v) is 10.4. The number of aliphatic carboxylic acids is 1. The quantitative estimate of drug-likeness (QED) is 0.668. The van der Waals surface area contributed by atoms with Gasteiger partial charge in [-0.25, -0.2) is 9.18 Å². The molecule has 0 saturated heterocycles. The molecule has 1 unspecified atom stereocenters. The predicted octanol–water partition coefficient (Wildman–Crippen LogP) is 3.41. The largest absolute Gasteiger partial charge is 0.483 e. The lowest BCUT2D eigenvalue weighted by molar-refractivity contribution is -0.131. The molecule has 0 amide bonds. The van der Waals surface area contributed by atoms with Gasteiger partial charge in [-0.15, -0.1) is 0 Å². The van der Waals surface area contributed by atoms with Crippen molar-refractivity contribution in [3.05, 3.63) is 47.8 Å². The summed E-state index contributed by atoms with van der Waals surface area (Å²) in [6, 6.07) is 4.42. The normalized spacial score (nSPS) is 18.7. The number of ether oxygens (including phenoxy) is 1. The van der Waals surface area contributed by atoms with Crippen LogP contribution in [0.1, 0.15) is 24.8 Å². The minimum absolute atomic E-state index is 0.0799. The molecule has 100 valence electrons. The van der Waals surface area contributed by atoms with Gasteiger partial charge in [0, 0.05) is 6.08 Å². The van der Waals surface area contributed by atoms with Gasteiger partial charge in [-0.1, -0.05) is 12.1 Å². The van der Waals surface area contributed by atoms with Crippen molar-refractivity contribution in [2.45, 2.75) is 25.4 Å². The molecule has 0 spiro atoms. The Balaban J connectivity index is 2.08. The fourth-order valence-electron chi connectivity index (χ4n) is 1.93. The first-order chi connectivity index (χ1) is 9.15. The number of hydrogen-bond acceptors (Lipinski definition) is 2. The van der Waals surface area contributed by atoms with E-state index in [4.69, 9.17) is 9.84 Å². The maximum Gasteiger partial charge on any atom is 0.328 e. The van der Waals surface area contributed by atoms with Crippen molar-refractivity contribution >= 4 is 12.0 Å². The molecule has 0 saturated carbocycles. The minimum Gasteiger partial charge on any atom is -0.483 e. The van der Waals surface area contributed by atoms with Crippen LogP contribution in [-0.4, -0.2) is 17.2 Å². The second-order valence-corrected chi connectivity index (χ2v) is 4.38. The lowest BCUT2D eigenvalue weighted by Crippen LogP contribution is -2.16. The third-order valence-electron chi connectivity index (χ3n) is 2.86. The van der Waals surface area contributed by atoms with Gasteiger partial charge in [-0.2, -0.15) is 0 Å². The molecule has 19 heavy (non-hydrogen) atoms. The molecule has 0 bridgehead atoms. The molecule has 0 fully saturated rings. The average Bonchev–Trinajstić information content (AvgIpc) is 2.40. The van der Waals surface area contributed by atoms with Gasteiger partial charge in [0.2, 0.25) is 0 Å². The molecule has 1 aliphatic carbocycles. The summed E-state index contributed by atoms with van der Waals surface area (Å²) >= 11 is 0. The maximum atomic E-state index is 13.8. The molecule has 0 heterocycles. The van der Waals surface area contributed by atoms with Crippen molar-refractivity contribution < 1.29 is 19.0 Å². The van der Waals surface area contributed by atoms with Crippen LogP contribution < -0.4 is 4.74 Å². The highest BCUT2D eigenvalue weighted by atomic mass is 19.1. The van der Waals surface area contributed by atoms with Crippen LogP contribution in [-0.2, 0) is 4.79 Å². The summed E-state index contributed by atoms with van der Waals surface area (Å²) in [4.78, 5) is 10.4. The smallest absolute Gasteiger partial charge is 0.328 e. The van der Waals surface area contributed by atoms with Gasteiger partial charge in [0.05, 0.1) is 0 Å². The number of hydrogen-bond donors (Lipinski definition) is 1. The number of carbonyl (C=O) groups is 1. The minimum atomic E-state index is -1.06. The zero-order chi connectivity index (χ0) is 13.7. The molecule has 1 atom stereocenters. The van der Waals surface area contributed by atoms with E-state index in [0.29, 0.717) is 5.56 Å². The first-order valence-corrected chi connectivity index (χ1v) is 6.19. The molecule has 1 aliphatic rings. The molecule has 3 nitrogen and oxygen atoms in total. The molecule has 0 radical (unpaired) electrons. The van der Waals surface area contributed by atoms with Crippen LogP contribution in [0.25, 0.3) is 6.08 Å². The van der Waals surface area contributed by atoms with Gasteiger partial charge < -0.3 is 9.84 Å². The summed E-state index contributed by atoms with van der Waals surface area (Å²) in [5.41, 5.74) is 0.492. The van der Waals surface area contributed by atoms with Gasteiger partial charge in [-0.3, -0.25) is 0 Å². The number of halogens is 1. The van der Waals surface area contributed by atoms with Crippen molar-refractivity contribution in [3.8, 4) is 5.75 Å². The van der Waals surface area contributed by atoms with Crippen LogP contribution in [0, 0.1) is 5.82 Å².